The van der Waals surface area contributed by atoms with Crippen molar-refractivity contribution in [2.45, 2.75) is 5.75 Å². The maximum absolute atomic E-state index is 10.7. The molecule has 0 N–H and O–H groups in total. The molecule has 0 aliphatic rings. The Morgan fingerprint density at radius 3 is 2.53 bits per heavy atom. The number of rotatable bonds is 5. The summed E-state index contributed by atoms with van der Waals surface area (Å²) in [6, 6.07) is 10.1. The summed E-state index contributed by atoms with van der Waals surface area (Å²) in [4.78, 5) is 13.4. The second kappa shape index (κ2) is 6.30. The highest BCUT2D eigenvalue weighted by molar-refractivity contribution is 8.03. The number of hydrogen-bond acceptors (Lipinski definition) is 3. The average molecular weight is 221 g/mol. The Balaban J connectivity index is 2.52. The first-order valence-electron chi connectivity index (χ1n) is 4.72. The first-order chi connectivity index (χ1) is 7.22. The van der Waals surface area contributed by atoms with Crippen LogP contribution in [0.3, 0.4) is 0 Å². The molecule has 1 rings (SSSR count). The van der Waals surface area contributed by atoms with Crippen LogP contribution in [0.5, 0.6) is 0 Å². The predicted octanol–water partition coefficient (Wildman–Crippen LogP) is 2.52. The Bertz CT molecular complexity index is 333. The van der Waals surface area contributed by atoms with Gasteiger partial charge in [-0.25, -0.2) is 0 Å². The Kier molecular flexibility index (Phi) is 4.98. The summed E-state index contributed by atoms with van der Waals surface area (Å²) in [6.07, 6.45) is 2.73. The number of carbonyl (C=O) groups is 1. The van der Waals surface area contributed by atoms with E-state index in [0.717, 1.165) is 16.9 Å². The van der Waals surface area contributed by atoms with E-state index >= 15 is 0 Å². The number of carbonyl (C=O) groups excluding carboxylic acids is 1. The Hall–Kier alpha value is -1.22. The van der Waals surface area contributed by atoms with Crippen LogP contribution in [0.1, 0.15) is 5.56 Å². The number of benzene rings is 1. The molecule has 0 radical (unpaired) electrons. The van der Waals surface area contributed by atoms with Crippen LogP contribution in [0.25, 0.3) is 0 Å². The van der Waals surface area contributed by atoms with Gasteiger partial charge in [0, 0.05) is 26.0 Å². The predicted molar refractivity (Wildman–Crippen MR) is 65.6 cm³/mol. The first-order valence-corrected chi connectivity index (χ1v) is 5.71. The molecule has 0 bridgehead atoms. The van der Waals surface area contributed by atoms with Crippen molar-refractivity contribution in [3.8, 4) is 0 Å². The summed E-state index contributed by atoms with van der Waals surface area (Å²) >= 11 is 1.55. The highest BCUT2D eigenvalue weighted by Gasteiger charge is 1.98. The molecule has 0 aromatic heterocycles. The smallest absolute Gasteiger partial charge is 0.157 e. The molecule has 0 saturated heterocycles. The number of nitrogens with zero attached hydrogens (tertiary/aromatic N) is 1. The lowest BCUT2D eigenvalue weighted by molar-refractivity contribution is -0.104. The van der Waals surface area contributed by atoms with E-state index in [9.17, 15) is 4.79 Å². The van der Waals surface area contributed by atoms with Crippen molar-refractivity contribution in [1.29, 1.82) is 0 Å². The van der Waals surface area contributed by atoms with Gasteiger partial charge < -0.3 is 4.90 Å². The fourth-order valence-corrected chi connectivity index (χ4v) is 1.98. The van der Waals surface area contributed by atoms with Crippen molar-refractivity contribution in [2.24, 2.45) is 0 Å². The van der Waals surface area contributed by atoms with Gasteiger partial charge in [-0.3, -0.25) is 4.79 Å². The van der Waals surface area contributed by atoms with Gasteiger partial charge in [-0.05, 0) is 5.56 Å². The van der Waals surface area contributed by atoms with Gasteiger partial charge in [-0.15, -0.1) is 11.8 Å². The lowest BCUT2D eigenvalue weighted by Crippen LogP contribution is -2.02. The van der Waals surface area contributed by atoms with E-state index in [0.29, 0.717) is 0 Å². The fraction of sp³-hybridized carbons (Fsp3) is 0.250. The normalized spacial score (nSPS) is 11.2. The zero-order chi connectivity index (χ0) is 11.1. The summed E-state index contributed by atoms with van der Waals surface area (Å²) in [5.41, 5.74) is 1.23. The van der Waals surface area contributed by atoms with Crippen molar-refractivity contribution in [2.75, 3.05) is 14.1 Å². The van der Waals surface area contributed by atoms with E-state index in [-0.39, 0.29) is 0 Å². The van der Waals surface area contributed by atoms with Gasteiger partial charge in [0.05, 0.1) is 4.91 Å². The Labute approximate surface area is 95.0 Å². The summed E-state index contributed by atoms with van der Waals surface area (Å²) < 4.78 is 0. The molecule has 0 aliphatic heterocycles. The van der Waals surface area contributed by atoms with Crippen LogP contribution in [-0.2, 0) is 10.5 Å². The summed E-state index contributed by atoms with van der Waals surface area (Å²) in [7, 11) is 3.82. The molecule has 0 unspecified atom stereocenters. The number of thioether (sulfide) groups is 1. The zero-order valence-electron chi connectivity index (χ0n) is 9.01. The Morgan fingerprint density at radius 2 is 2.00 bits per heavy atom. The largest absolute Gasteiger partial charge is 0.382 e. The van der Waals surface area contributed by atoms with Crippen molar-refractivity contribution in [3.63, 3.8) is 0 Å². The fourth-order valence-electron chi connectivity index (χ4n) is 1.10. The highest BCUT2D eigenvalue weighted by Crippen LogP contribution is 2.19. The molecule has 0 amide bonds. The van der Waals surface area contributed by atoms with Gasteiger partial charge in [0.2, 0.25) is 0 Å². The van der Waals surface area contributed by atoms with E-state index in [4.69, 9.17) is 0 Å². The van der Waals surface area contributed by atoms with Gasteiger partial charge in [0.25, 0.3) is 0 Å². The highest BCUT2D eigenvalue weighted by atomic mass is 32.2. The standard InChI is InChI=1S/C12H15NOS/c1-13(2)8-12(9-14)15-10-11-6-4-3-5-7-11/h3-9H,10H2,1-2H3. The molecule has 0 saturated carbocycles. The van der Waals surface area contributed by atoms with Gasteiger partial charge in [0.15, 0.2) is 6.29 Å². The van der Waals surface area contributed by atoms with Crippen LogP contribution in [0.2, 0.25) is 0 Å². The molecular formula is C12H15NOS. The lowest BCUT2D eigenvalue weighted by Gasteiger charge is -2.06. The molecule has 0 spiro atoms. The van der Waals surface area contributed by atoms with E-state index in [1.165, 1.54) is 5.56 Å². The second-order valence-electron chi connectivity index (χ2n) is 3.39. The van der Waals surface area contributed by atoms with Crippen LogP contribution >= 0.6 is 11.8 Å². The van der Waals surface area contributed by atoms with E-state index in [2.05, 4.69) is 12.1 Å². The molecule has 1 aromatic carbocycles. The van der Waals surface area contributed by atoms with Crippen molar-refractivity contribution < 1.29 is 4.79 Å². The molecular weight excluding hydrogens is 206 g/mol. The van der Waals surface area contributed by atoms with E-state index in [1.807, 2.05) is 43.4 Å². The van der Waals surface area contributed by atoms with Gasteiger partial charge in [-0.1, -0.05) is 30.3 Å². The third-order valence-corrected chi connectivity index (χ3v) is 2.76. The Morgan fingerprint density at radius 1 is 1.33 bits per heavy atom. The SMILES string of the molecule is CN(C)C=C(C=O)SCc1ccccc1. The van der Waals surface area contributed by atoms with E-state index in [1.54, 1.807) is 11.8 Å². The molecule has 80 valence electrons. The third kappa shape index (κ3) is 4.70. The molecule has 2 nitrogen and oxygen atoms in total. The molecule has 3 heteroatoms. The molecule has 1 aromatic rings. The molecule has 0 heterocycles. The second-order valence-corrected chi connectivity index (χ2v) is 4.44. The van der Waals surface area contributed by atoms with Crippen molar-refractivity contribution >= 4 is 18.0 Å². The number of hydrogen-bond donors (Lipinski definition) is 0. The van der Waals surface area contributed by atoms with Crippen LogP contribution in [0, 0.1) is 0 Å². The molecule has 0 fully saturated rings. The van der Waals surface area contributed by atoms with Crippen molar-refractivity contribution in [3.05, 3.63) is 47.0 Å². The summed E-state index contributed by atoms with van der Waals surface area (Å²) in [5.74, 6) is 0.833. The molecule has 15 heavy (non-hydrogen) atoms. The van der Waals surface area contributed by atoms with Crippen LogP contribution in [0.15, 0.2) is 41.4 Å². The minimum absolute atomic E-state index is 0.754. The number of aldehydes is 1. The molecule has 0 aliphatic carbocycles. The van der Waals surface area contributed by atoms with Crippen LogP contribution in [0.4, 0.5) is 0 Å². The lowest BCUT2D eigenvalue weighted by atomic mass is 10.2. The number of allylic oxidation sites excluding steroid dienone is 1. The minimum Gasteiger partial charge on any atom is -0.382 e. The van der Waals surface area contributed by atoms with E-state index < -0.39 is 0 Å². The van der Waals surface area contributed by atoms with Crippen LogP contribution < -0.4 is 0 Å². The van der Waals surface area contributed by atoms with Gasteiger partial charge in [-0.2, -0.15) is 0 Å². The summed E-state index contributed by atoms with van der Waals surface area (Å²) in [5, 5.41) is 0. The topological polar surface area (TPSA) is 20.3 Å². The monoisotopic (exact) mass is 221 g/mol. The quantitative estimate of drug-likeness (QED) is 0.563. The first kappa shape index (κ1) is 11.9. The average Bonchev–Trinajstić information content (AvgIpc) is 2.25. The minimum atomic E-state index is 0.754. The molecule has 0 atom stereocenters. The van der Waals surface area contributed by atoms with Crippen molar-refractivity contribution in [1.82, 2.24) is 4.90 Å². The van der Waals surface area contributed by atoms with Crippen LogP contribution in [-0.4, -0.2) is 25.3 Å². The van der Waals surface area contributed by atoms with Gasteiger partial charge in [0.1, 0.15) is 0 Å². The third-order valence-electron chi connectivity index (χ3n) is 1.75. The zero-order valence-corrected chi connectivity index (χ0v) is 9.83. The summed E-state index contributed by atoms with van der Waals surface area (Å²) in [6.45, 7) is 0. The maximum Gasteiger partial charge on any atom is 0.157 e. The maximum atomic E-state index is 10.7. The van der Waals surface area contributed by atoms with Gasteiger partial charge >= 0.3 is 0 Å².